The fraction of sp³-hybridized carbons (Fsp3) is 0.333. The molecule has 0 unspecified atom stereocenters. The number of carboxylic acid groups (broad SMARTS) is 1. The lowest BCUT2D eigenvalue weighted by molar-refractivity contribution is -0.132. The summed E-state index contributed by atoms with van der Waals surface area (Å²) in [5, 5.41) is 15.8. The van der Waals surface area contributed by atoms with Gasteiger partial charge in [-0.25, -0.2) is 4.79 Å². The van der Waals surface area contributed by atoms with Crippen molar-refractivity contribution in [1.29, 1.82) is 5.26 Å². The SMILES string of the molecule is C=C(CCCC)C(=O)O.C=CC#N.C=CC(=C)C. The first-order chi connectivity index (χ1) is 8.37. The van der Waals surface area contributed by atoms with Gasteiger partial charge in [0, 0.05) is 11.6 Å². The normalized spacial score (nSPS) is 7.17. The van der Waals surface area contributed by atoms with Gasteiger partial charge in [-0.2, -0.15) is 5.26 Å². The van der Waals surface area contributed by atoms with Crippen molar-refractivity contribution in [1.82, 2.24) is 0 Å². The highest BCUT2D eigenvalue weighted by Crippen LogP contribution is 2.03. The van der Waals surface area contributed by atoms with Crippen molar-refractivity contribution in [2.75, 3.05) is 0 Å². The van der Waals surface area contributed by atoms with Gasteiger partial charge in [0.05, 0.1) is 6.07 Å². The predicted molar refractivity (Wildman–Crippen MR) is 77.1 cm³/mol. The van der Waals surface area contributed by atoms with Crippen LogP contribution in [0.25, 0.3) is 0 Å². The average Bonchev–Trinajstić information content (AvgIpc) is 2.36. The highest BCUT2D eigenvalue weighted by Gasteiger charge is 2.00. The zero-order chi connectivity index (χ0) is 15.0. The lowest BCUT2D eigenvalue weighted by atomic mass is 10.1. The zero-order valence-corrected chi connectivity index (χ0v) is 11.4. The van der Waals surface area contributed by atoms with Crippen LogP contribution < -0.4 is 0 Å². The number of hydrogen-bond donors (Lipinski definition) is 1. The van der Waals surface area contributed by atoms with Gasteiger partial charge in [0.25, 0.3) is 0 Å². The van der Waals surface area contributed by atoms with Gasteiger partial charge in [-0.15, -0.1) is 0 Å². The summed E-state index contributed by atoms with van der Waals surface area (Å²) in [5.74, 6) is -0.872. The van der Waals surface area contributed by atoms with Crippen LogP contribution in [0.15, 0.2) is 49.6 Å². The van der Waals surface area contributed by atoms with Crippen molar-refractivity contribution in [2.45, 2.75) is 33.1 Å². The Labute approximate surface area is 110 Å². The molecular formula is C15H23NO2. The summed E-state index contributed by atoms with van der Waals surface area (Å²) in [5.41, 5.74) is 1.34. The Bertz CT molecular complexity index is 322. The molecule has 0 rings (SSSR count). The predicted octanol–water partition coefficient (Wildman–Crippen LogP) is 4.26. The molecule has 0 saturated heterocycles. The first-order valence-corrected chi connectivity index (χ1v) is 5.56. The number of hydrogen-bond acceptors (Lipinski definition) is 2. The lowest BCUT2D eigenvalue weighted by Gasteiger charge is -1.95. The quantitative estimate of drug-likeness (QED) is 0.450. The molecule has 0 atom stereocenters. The molecule has 0 bridgehead atoms. The molecule has 0 spiro atoms. The third-order valence-corrected chi connectivity index (χ3v) is 1.57. The molecule has 0 fully saturated rings. The maximum absolute atomic E-state index is 10.1. The van der Waals surface area contributed by atoms with E-state index >= 15 is 0 Å². The van der Waals surface area contributed by atoms with Crippen molar-refractivity contribution in [3.8, 4) is 6.07 Å². The third-order valence-electron chi connectivity index (χ3n) is 1.57. The van der Waals surface area contributed by atoms with Crippen LogP contribution in [0.2, 0.25) is 0 Å². The summed E-state index contributed by atoms with van der Waals surface area (Å²) >= 11 is 0. The monoisotopic (exact) mass is 249 g/mol. The van der Waals surface area contributed by atoms with Crippen molar-refractivity contribution < 1.29 is 9.90 Å². The van der Waals surface area contributed by atoms with Gasteiger partial charge in [-0.3, -0.25) is 0 Å². The Morgan fingerprint density at radius 3 is 1.94 bits per heavy atom. The van der Waals surface area contributed by atoms with Crippen molar-refractivity contribution in [3.63, 3.8) is 0 Å². The van der Waals surface area contributed by atoms with E-state index in [-0.39, 0.29) is 0 Å². The Balaban J connectivity index is -0.000000212. The zero-order valence-electron chi connectivity index (χ0n) is 11.4. The van der Waals surface area contributed by atoms with E-state index in [9.17, 15) is 4.79 Å². The van der Waals surface area contributed by atoms with Crippen LogP contribution in [0.1, 0.15) is 33.1 Å². The minimum Gasteiger partial charge on any atom is -0.478 e. The number of aliphatic carboxylic acids is 1. The van der Waals surface area contributed by atoms with Gasteiger partial charge in [-0.05, 0) is 19.8 Å². The molecule has 0 aliphatic heterocycles. The van der Waals surface area contributed by atoms with Gasteiger partial charge < -0.3 is 5.11 Å². The maximum atomic E-state index is 10.1. The van der Waals surface area contributed by atoms with Crippen LogP contribution in [-0.4, -0.2) is 11.1 Å². The molecule has 0 radical (unpaired) electrons. The molecule has 100 valence electrons. The van der Waals surface area contributed by atoms with Crippen molar-refractivity contribution in [3.05, 3.63) is 49.6 Å². The van der Waals surface area contributed by atoms with Gasteiger partial charge in [0.2, 0.25) is 0 Å². The summed E-state index contributed by atoms with van der Waals surface area (Å²) in [7, 11) is 0. The number of unbranched alkanes of at least 4 members (excludes halogenated alkanes) is 1. The molecule has 0 aromatic heterocycles. The van der Waals surface area contributed by atoms with E-state index in [1.54, 1.807) is 12.1 Å². The van der Waals surface area contributed by atoms with E-state index in [2.05, 4.69) is 26.3 Å². The van der Waals surface area contributed by atoms with E-state index in [0.29, 0.717) is 12.0 Å². The molecule has 3 nitrogen and oxygen atoms in total. The smallest absolute Gasteiger partial charge is 0.330 e. The number of carboxylic acids is 1. The Hall–Kier alpha value is -2.08. The molecule has 0 aromatic carbocycles. The molecule has 0 aromatic rings. The largest absolute Gasteiger partial charge is 0.478 e. The van der Waals surface area contributed by atoms with E-state index in [1.165, 1.54) is 6.08 Å². The van der Waals surface area contributed by atoms with Gasteiger partial charge in [0.1, 0.15) is 0 Å². The van der Waals surface area contributed by atoms with Crippen LogP contribution >= 0.6 is 0 Å². The third kappa shape index (κ3) is 29.2. The van der Waals surface area contributed by atoms with Crippen LogP contribution in [0, 0.1) is 11.3 Å². The number of allylic oxidation sites excluding steroid dienone is 3. The second-order valence-electron chi connectivity index (χ2n) is 3.40. The van der Waals surface area contributed by atoms with Crippen molar-refractivity contribution >= 4 is 5.97 Å². The van der Waals surface area contributed by atoms with Gasteiger partial charge >= 0.3 is 5.97 Å². The first-order valence-electron chi connectivity index (χ1n) is 5.56. The molecule has 0 aliphatic carbocycles. The first kappa shape index (κ1) is 21.2. The minimum absolute atomic E-state index is 0.317. The average molecular weight is 249 g/mol. The summed E-state index contributed by atoms with van der Waals surface area (Å²) in [4.78, 5) is 10.1. The Morgan fingerprint density at radius 2 is 1.78 bits per heavy atom. The number of nitriles is 1. The molecule has 0 aliphatic rings. The topological polar surface area (TPSA) is 61.1 Å². The molecule has 0 amide bonds. The van der Waals surface area contributed by atoms with E-state index in [0.717, 1.165) is 18.4 Å². The fourth-order valence-electron chi connectivity index (χ4n) is 0.497. The fourth-order valence-corrected chi connectivity index (χ4v) is 0.497. The van der Waals surface area contributed by atoms with E-state index < -0.39 is 5.97 Å². The standard InChI is InChI=1S/C7H12O2.C5H8.C3H3N/c1-3-4-5-6(2)7(8)9;1-4-5(2)3;1-2-3-4/h2-5H2,1H3,(H,8,9);4H,1-2H2,3H3;2H,1H2. The molecule has 0 saturated carbocycles. The van der Waals surface area contributed by atoms with Crippen LogP contribution in [0.5, 0.6) is 0 Å². The van der Waals surface area contributed by atoms with Gasteiger partial charge in [0.15, 0.2) is 0 Å². The van der Waals surface area contributed by atoms with E-state index in [4.69, 9.17) is 10.4 Å². The van der Waals surface area contributed by atoms with Gasteiger partial charge in [-0.1, -0.05) is 51.3 Å². The van der Waals surface area contributed by atoms with E-state index in [1.807, 2.05) is 13.8 Å². The van der Waals surface area contributed by atoms with Crippen LogP contribution in [0.3, 0.4) is 0 Å². The minimum atomic E-state index is -0.872. The van der Waals surface area contributed by atoms with Crippen LogP contribution in [0.4, 0.5) is 0 Å². The summed E-state index contributed by atoms with van der Waals surface area (Å²) in [6, 6.07) is 1.69. The number of nitrogens with zero attached hydrogens (tertiary/aromatic N) is 1. The van der Waals surface area contributed by atoms with Crippen molar-refractivity contribution in [2.24, 2.45) is 0 Å². The number of rotatable bonds is 5. The second-order valence-corrected chi connectivity index (χ2v) is 3.40. The second kappa shape index (κ2) is 17.3. The summed E-state index contributed by atoms with van der Waals surface area (Å²) < 4.78 is 0. The highest BCUT2D eigenvalue weighted by molar-refractivity contribution is 5.85. The lowest BCUT2D eigenvalue weighted by Crippen LogP contribution is -1.97. The highest BCUT2D eigenvalue weighted by atomic mass is 16.4. The summed E-state index contributed by atoms with van der Waals surface area (Å²) in [6.07, 6.45) is 5.46. The molecule has 0 heterocycles. The summed E-state index contributed by atoms with van der Waals surface area (Å²) in [6.45, 7) is 17.5. The number of carbonyl (C=O) groups is 1. The molecule has 1 N–H and O–H groups in total. The molecule has 18 heavy (non-hydrogen) atoms. The Morgan fingerprint density at radius 1 is 1.39 bits per heavy atom. The van der Waals surface area contributed by atoms with Crippen LogP contribution in [-0.2, 0) is 4.79 Å². The molecular weight excluding hydrogens is 226 g/mol. The molecule has 3 heteroatoms. The Kier molecular flexibility index (Phi) is 20.4. The maximum Gasteiger partial charge on any atom is 0.330 e.